The van der Waals surface area contributed by atoms with E-state index in [0.29, 0.717) is 11.7 Å². The number of rotatable bonds is 12. The minimum atomic E-state index is -0.0300. The van der Waals surface area contributed by atoms with Crippen LogP contribution in [0.2, 0.25) is 0 Å². The van der Waals surface area contributed by atoms with E-state index >= 15 is 0 Å². The van der Waals surface area contributed by atoms with Gasteiger partial charge in [0.15, 0.2) is 0 Å². The van der Waals surface area contributed by atoms with Gasteiger partial charge < -0.3 is 4.74 Å². The first kappa shape index (κ1) is 26.0. The fraction of sp³-hybridized carbons (Fsp3) is 0.710. The van der Waals surface area contributed by atoms with Crippen LogP contribution in [0.3, 0.4) is 0 Å². The fourth-order valence-electron chi connectivity index (χ4n) is 5.72. The quantitative estimate of drug-likeness (QED) is 0.137. The molecular weight excluding hydrogens is 404 g/mol. The average Bonchev–Trinajstić information content (AvgIpc) is 2.85. The largest absolute Gasteiger partial charge is 0.426 e. The smallest absolute Gasteiger partial charge is 0.314 e. The molecule has 0 aromatic heterocycles. The number of ether oxygens (including phenoxy) is 1. The SMILES string of the molecule is CCCCCc1ccc(OC(=O)C2CCC(/C=C/C3CCC(CCCCC)CC3)CC2)cc1. The molecule has 0 heterocycles. The molecule has 2 nitrogen and oxygen atoms in total. The van der Waals surface area contributed by atoms with Crippen LogP contribution in [0.4, 0.5) is 0 Å². The molecule has 0 atom stereocenters. The van der Waals surface area contributed by atoms with Crippen molar-refractivity contribution in [2.45, 2.75) is 117 Å². The number of benzene rings is 1. The molecule has 2 fully saturated rings. The van der Waals surface area contributed by atoms with Gasteiger partial charge in [-0.05, 0) is 99.7 Å². The molecule has 2 saturated carbocycles. The van der Waals surface area contributed by atoms with Gasteiger partial charge in [-0.1, -0.05) is 76.7 Å². The monoisotopic (exact) mass is 452 g/mol. The van der Waals surface area contributed by atoms with Crippen molar-refractivity contribution in [2.75, 3.05) is 0 Å². The van der Waals surface area contributed by atoms with Crippen molar-refractivity contribution in [2.24, 2.45) is 23.7 Å². The Morgan fingerprint density at radius 3 is 1.97 bits per heavy atom. The molecule has 3 rings (SSSR count). The van der Waals surface area contributed by atoms with Crippen molar-refractivity contribution in [3.8, 4) is 5.75 Å². The Morgan fingerprint density at radius 1 is 0.788 bits per heavy atom. The zero-order valence-corrected chi connectivity index (χ0v) is 21.4. The van der Waals surface area contributed by atoms with E-state index in [1.807, 2.05) is 12.1 Å². The summed E-state index contributed by atoms with van der Waals surface area (Å²) in [6, 6.07) is 8.15. The fourth-order valence-corrected chi connectivity index (χ4v) is 5.72. The van der Waals surface area contributed by atoms with Crippen LogP contribution in [-0.2, 0) is 11.2 Å². The van der Waals surface area contributed by atoms with E-state index < -0.39 is 0 Å². The first-order valence-corrected chi connectivity index (χ1v) is 14.2. The summed E-state index contributed by atoms with van der Waals surface area (Å²) in [4.78, 5) is 12.7. The highest BCUT2D eigenvalue weighted by Crippen LogP contribution is 2.35. The van der Waals surface area contributed by atoms with E-state index in [2.05, 4.69) is 38.1 Å². The van der Waals surface area contributed by atoms with Crippen LogP contribution in [0.15, 0.2) is 36.4 Å². The van der Waals surface area contributed by atoms with Gasteiger partial charge in [-0.15, -0.1) is 0 Å². The number of esters is 1. The molecule has 0 unspecified atom stereocenters. The molecule has 0 radical (unpaired) electrons. The Bertz CT molecular complexity index is 688. The van der Waals surface area contributed by atoms with E-state index in [9.17, 15) is 4.79 Å². The average molecular weight is 453 g/mol. The number of allylic oxidation sites excluding steroid dienone is 2. The molecule has 0 amide bonds. The second kappa shape index (κ2) is 14.6. The van der Waals surface area contributed by atoms with Gasteiger partial charge in [-0.3, -0.25) is 4.79 Å². The number of hydrogen-bond donors (Lipinski definition) is 0. The van der Waals surface area contributed by atoms with E-state index in [1.54, 1.807) is 0 Å². The summed E-state index contributed by atoms with van der Waals surface area (Å²) < 4.78 is 5.71. The molecule has 184 valence electrons. The van der Waals surface area contributed by atoms with Crippen LogP contribution >= 0.6 is 0 Å². The lowest BCUT2D eigenvalue weighted by atomic mass is 9.78. The van der Waals surface area contributed by atoms with Gasteiger partial charge in [0.25, 0.3) is 0 Å². The number of carbonyl (C=O) groups is 1. The van der Waals surface area contributed by atoms with Crippen molar-refractivity contribution in [3.63, 3.8) is 0 Å². The molecule has 0 aliphatic heterocycles. The minimum absolute atomic E-state index is 0.0300. The highest BCUT2D eigenvalue weighted by atomic mass is 16.5. The van der Waals surface area contributed by atoms with Crippen molar-refractivity contribution >= 4 is 5.97 Å². The van der Waals surface area contributed by atoms with Gasteiger partial charge in [0.1, 0.15) is 5.75 Å². The first-order chi connectivity index (χ1) is 16.2. The van der Waals surface area contributed by atoms with Crippen molar-refractivity contribution in [1.82, 2.24) is 0 Å². The molecule has 33 heavy (non-hydrogen) atoms. The highest BCUT2D eigenvalue weighted by molar-refractivity contribution is 5.75. The summed E-state index contributed by atoms with van der Waals surface area (Å²) in [6.45, 7) is 4.53. The molecule has 0 bridgehead atoms. The lowest BCUT2D eigenvalue weighted by molar-refractivity contribution is -0.140. The van der Waals surface area contributed by atoms with Gasteiger partial charge in [0, 0.05) is 0 Å². The minimum Gasteiger partial charge on any atom is -0.426 e. The molecule has 1 aromatic rings. The van der Waals surface area contributed by atoms with Crippen molar-refractivity contribution in [1.29, 1.82) is 0 Å². The van der Waals surface area contributed by atoms with Crippen molar-refractivity contribution in [3.05, 3.63) is 42.0 Å². The summed E-state index contributed by atoms with van der Waals surface area (Å²) in [6.07, 6.45) is 25.3. The van der Waals surface area contributed by atoms with E-state index in [-0.39, 0.29) is 11.9 Å². The predicted molar refractivity (Wildman–Crippen MR) is 139 cm³/mol. The zero-order valence-electron chi connectivity index (χ0n) is 21.4. The first-order valence-electron chi connectivity index (χ1n) is 14.2. The molecule has 2 aliphatic carbocycles. The maximum absolute atomic E-state index is 12.7. The van der Waals surface area contributed by atoms with Gasteiger partial charge in [0.05, 0.1) is 5.92 Å². The van der Waals surface area contributed by atoms with Crippen molar-refractivity contribution < 1.29 is 9.53 Å². The third-order valence-corrected chi connectivity index (χ3v) is 8.08. The molecule has 0 saturated heterocycles. The third-order valence-electron chi connectivity index (χ3n) is 8.08. The lowest BCUT2D eigenvalue weighted by Gasteiger charge is -2.28. The molecule has 1 aromatic carbocycles. The number of unbranched alkanes of at least 4 members (excludes halogenated alkanes) is 4. The van der Waals surface area contributed by atoms with Gasteiger partial charge in [0.2, 0.25) is 0 Å². The second-order valence-corrected chi connectivity index (χ2v) is 10.8. The Kier molecular flexibility index (Phi) is 11.6. The van der Waals surface area contributed by atoms with Crippen LogP contribution in [0.1, 0.15) is 116 Å². The van der Waals surface area contributed by atoms with Gasteiger partial charge in [-0.25, -0.2) is 0 Å². The topological polar surface area (TPSA) is 26.3 Å². The van der Waals surface area contributed by atoms with Crippen LogP contribution in [0.5, 0.6) is 5.75 Å². The molecule has 0 spiro atoms. The zero-order chi connectivity index (χ0) is 23.3. The number of carbonyl (C=O) groups excluding carboxylic acids is 1. The second-order valence-electron chi connectivity index (χ2n) is 10.8. The van der Waals surface area contributed by atoms with Gasteiger partial charge in [-0.2, -0.15) is 0 Å². The Hall–Kier alpha value is -1.57. The highest BCUT2D eigenvalue weighted by Gasteiger charge is 2.27. The van der Waals surface area contributed by atoms with Crippen LogP contribution < -0.4 is 4.74 Å². The van der Waals surface area contributed by atoms with E-state index in [1.165, 1.54) is 76.2 Å². The summed E-state index contributed by atoms with van der Waals surface area (Å²) in [5, 5.41) is 0. The van der Waals surface area contributed by atoms with Crippen LogP contribution in [0, 0.1) is 23.7 Å². The molecular formula is C31H48O2. The van der Waals surface area contributed by atoms with Crippen LogP contribution in [-0.4, -0.2) is 5.97 Å². The summed E-state index contributed by atoms with van der Waals surface area (Å²) in [5.74, 6) is 3.17. The number of hydrogen-bond acceptors (Lipinski definition) is 2. The van der Waals surface area contributed by atoms with E-state index in [4.69, 9.17) is 4.74 Å². The summed E-state index contributed by atoms with van der Waals surface area (Å²) in [7, 11) is 0. The molecule has 0 N–H and O–H groups in total. The lowest BCUT2D eigenvalue weighted by Crippen LogP contribution is -2.25. The normalized spacial score (nSPS) is 25.9. The molecule has 2 heteroatoms. The predicted octanol–water partition coefficient (Wildman–Crippen LogP) is 9.07. The summed E-state index contributed by atoms with van der Waals surface area (Å²) >= 11 is 0. The van der Waals surface area contributed by atoms with E-state index in [0.717, 1.165) is 43.9 Å². The Labute approximate surface area is 203 Å². The maximum atomic E-state index is 12.7. The van der Waals surface area contributed by atoms with Gasteiger partial charge >= 0.3 is 5.97 Å². The molecule has 2 aliphatic rings. The van der Waals surface area contributed by atoms with Crippen LogP contribution in [0.25, 0.3) is 0 Å². The Balaban J connectivity index is 1.33. The summed E-state index contributed by atoms with van der Waals surface area (Å²) in [5.41, 5.74) is 1.33. The Morgan fingerprint density at radius 2 is 1.36 bits per heavy atom. The standard InChI is InChI=1S/C31H48O2/c1-3-5-7-9-25-11-13-27(14-12-25)15-16-28-17-21-29(22-18-28)31(32)33-30-23-19-26(20-24-30)10-8-6-4-2/h15-16,19-20,23-25,27-29H,3-14,17-18,21-22H2,1-2H3/b16-15+. The maximum Gasteiger partial charge on any atom is 0.314 e. The number of aryl methyl sites for hydroxylation is 1. The third kappa shape index (κ3) is 9.30.